The molecule has 96 valence electrons. The lowest BCUT2D eigenvalue weighted by atomic mass is 9.96. The normalized spacial score (nSPS) is 23.5. The molecule has 0 aromatic heterocycles. The monoisotopic (exact) mass is 246 g/mol. The maximum Gasteiger partial charge on any atom is 0.264 e. The van der Waals surface area contributed by atoms with E-state index >= 15 is 0 Å². The number of carbonyl (C=O) groups is 1. The van der Waals surface area contributed by atoms with Crippen LogP contribution in [0.3, 0.4) is 0 Å². The summed E-state index contributed by atoms with van der Waals surface area (Å²) >= 11 is 0. The van der Waals surface area contributed by atoms with Gasteiger partial charge in [0.2, 0.25) is 0 Å². The van der Waals surface area contributed by atoms with Gasteiger partial charge in [-0.25, -0.2) is 0 Å². The zero-order chi connectivity index (χ0) is 12.5. The first-order valence-electron chi connectivity index (χ1n) is 6.52. The molecule has 1 aromatic rings. The van der Waals surface area contributed by atoms with Crippen molar-refractivity contribution in [3.8, 4) is 5.75 Å². The Bertz CT molecular complexity index is 467. The highest BCUT2D eigenvalue weighted by molar-refractivity contribution is 5.97. The van der Waals surface area contributed by atoms with E-state index in [1.165, 1.54) is 18.4 Å². The lowest BCUT2D eigenvalue weighted by Gasteiger charge is -2.29. The van der Waals surface area contributed by atoms with E-state index in [0.717, 1.165) is 24.4 Å². The molecule has 1 saturated heterocycles. The molecule has 0 saturated carbocycles. The number of nitrogens with zero attached hydrogens (tertiary/aromatic N) is 1. The van der Waals surface area contributed by atoms with E-state index in [9.17, 15) is 4.79 Å². The summed E-state index contributed by atoms with van der Waals surface area (Å²) in [6.07, 6.45) is 3.68. The smallest absolute Gasteiger partial charge is 0.264 e. The summed E-state index contributed by atoms with van der Waals surface area (Å²) in [6.45, 7) is 1.22. The summed E-state index contributed by atoms with van der Waals surface area (Å²) in [4.78, 5) is 13.3. The minimum atomic E-state index is 0.0104. The van der Waals surface area contributed by atoms with Crippen molar-refractivity contribution in [3.63, 3.8) is 0 Å². The number of rotatable bonds is 1. The van der Waals surface area contributed by atoms with Crippen LogP contribution in [-0.2, 0) is 4.79 Å². The second-order valence-electron chi connectivity index (χ2n) is 4.97. The molecular weight excluding hydrogens is 228 g/mol. The summed E-state index contributed by atoms with van der Waals surface area (Å²) in [5.74, 6) is 0.813. The van der Waals surface area contributed by atoms with Gasteiger partial charge in [0, 0.05) is 13.1 Å². The number of carbonyl (C=O) groups excluding carboxylic acids is 1. The average molecular weight is 246 g/mol. The van der Waals surface area contributed by atoms with Gasteiger partial charge in [-0.1, -0.05) is 12.5 Å². The SMILES string of the molecule is CN1C(=O)COc2ccc(C3CCCCN3)cc21. The van der Waals surface area contributed by atoms with Crippen LogP contribution < -0.4 is 15.0 Å². The molecular formula is C14H18N2O2. The van der Waals surface area contributed by atoms with Crippen molar-refractivity contribution < 1.29 is 9.53 Å². The fourth-order valence-electron chi connectivity index (χ4n) is 2.64. The first-order valence-corrected chi connectivity index (χ1v) is 6.52. The molecule has 1 fully saturated rings. The summed E-state index contributed by atoms with van der Waals surface area (Å²) < 4.78 is 5.44. The Balaban J connectivity index is 1.91. The number of hydrogen-bond donors (Lipinski definition) is 1. The minimum absolute atomic E-state index is 0.0104. The third kappa shape index (κ3) is 1.97. The van der Waals surface area contributed by atoms with E-state index in [1.54, 1.807) is 4.90 Å². The van der Waals surface area contributed by atoms with Gasteiger partial charge < -0.3 is 15.0 Å². The third-order valence-electron chi connectivity index (χ3n) is 3.78. The van der Waals surface area contributed by atoms with Crippen LogP contribution in [0, 0.1) is 0 Å². The van der Waals surface area contributed by atoms with E-state index in [-0.39, 0.29) is 12.5 Å². The van der Waals surface area contributed by atoms with Crippen molar-refractivity contribution in [3.05, 3.63) is 23.8 Å². The molecule has 4 nitrogen and oxygen atoms in total. The second kappa shape index (κ2) is 4.61. The highest BCUT2D eigenvalue weighted by Crippen LogP contribution is 2.35. The molecule has 1 amide bonds. The van der Waals surface area contributed by atoms with Crippen molar-refractivity contribution in [2.75, 3.05) is 25.1 Å². The molecule has 1 atom stereocenters. The molecule has 4 heteroatoms. The summed E-state index contributed by atoms with van der Waals surface area (Å²) in [6, 6.07) is 6.57. The average Bonchev–Trinajstić information content (AvgIpc) is 2.44. The third-order valence-corrected chi connectivity index (χ3v) is 3.78. The van der Waals surface area contributed by atoms with Crippen molar-refractivity contribution >= 4 is 11.6 Å². The van der Waals surface area contributed by atoms with Crippen LogP contribution in [0.4, 0.5) is 5.69 Å². The van der Waals surface area contributed by atoms with E-state index < -0.39 is 0 Å². The van der Waals surface area contributed by atoms with Crippen LogP contribution in [0.2, 0.25) is 0 Å². The van der Waals surface area contributed by atoms with E-state index in [0.29, 0.717) is 6.04 Å². The van der Waals surface area contributed by atoms with Crippen LogP contribution in [0.25, 0.3) is 0 Å². The Morgan fingerprint density at radius 1 is 1.39 bits per heavy atom. The predicted octanol–water partition coefficient (Wildman–Crippen LogP) is 1.86. The van der Waals surface area contributed by atoms with Gasteiger partial charge in [0.1, 0.15) is 5.75 Å². The molecule has 18 heavy (non-hydrogen) atoms. The molecule has 2 heterocycles. The number of anilines is 1. The first-order chi connectivity index (χ1) is 8.75. The number of nitrogens with one attached hydrogen (secondary N) is 1. The summed E-state index contributed by atoms with van der Waals surface area (Å²) in [5, 5.41) is 3.52. The van der Waals surface area contributed by atoms with E-state index in [2.05, 4.69) is 17.4 Å². The topological polar surface area (TPSA) is 41.6 Å². The molecule has 1 aromatic carbocycles. The highest BCUT2D eigenvalue weighted by Gasteiger charge is 2.24. The second-order valence-corrected chi connectivity index (χ2v) is 4.97. The van der Waals surface area contributed by atoms with Crippen LogP contribution in [0.1, 0.15) is 30.9 Å². The molecule has 2 aliphatic rings. The highest BCUT2D eigenvalue weighted by atomic mass is 16.5. The fraction of sp³-hybridized carbons (Fsp3) is 0.500. The van der Waals surface area contributed by atoms with Crippen molar-refractivity contribution in [1.82, 2.24) is 5.32 Å². The molecule has 3 rings (SSSR count). The Morgan fingerprint density at radius 3 is 3.06 bits per heavy atom. The minimum Gasteiger partial charge on any atom is -0.482 e. The molecule has 0 aliphatic carbocycles. The standard InChI is InChI=1S/C14H18N2O2/c1-16-12-8-10(11-4-2-3-7-15-11)5-6-13(12)18-9-14(16)17/h5-6,8,11,15H,2-4,7,9H2,1H3. The lowest BCUT2D eigenvalue weighted by Crippen LogP contribution is -2.35. The van der Waals surface area contributed by atoms with Crippen LogP contribution >= 0.6 is 0 Å². The number of ether oxygens (including phenoxy) is 1. The van der Waals surface area contributed by atoms with Gasteiger partial charge in [-0.15, -0.1) is 0 Å². The van der Waals surface area contributed by atoms with Crippen molar-refractivity contribution in [2.24, 2.45) is 0 Å². The van der Waals surface area contributed by atoms with Gasteiger partial charge in [-0.3, -0.25) is 4.79 Å². The number of likely N-dealkylation sites (N-methyl/N-ethyl adjacent to an activating group) is 1. The number of amides is 1. The lowest BCUT2D eigenvalue weighted by molar-refractivity contribution is -0.120. The predicted molar refractivity (Wildman–Crippen MR) is 69.9 cm³/mol. The fourth-order valence-corrected chi connectivity index (χ4v) is 2.64. The van der Waals surface area contributed by atoms with E-state index in [1.807, 2.05) is 13.1 Å². The maximum atomic E-state index is 11.6. The van der Waals surface area contributed by atoms with Crippen LogP contribution in [0.15, 0.2) is 18.2 Å². The first kappa shape index (κ1) is 11.5. The Morgan fingerprint density at radius 2 is 2.28 bits per heavy atom. The van der Waals surface area contributed by atoms with Crippen LogP contribution in [0.5, 0.6) is 5.75 Å². The van der Waals surface area contributed by atoms with Gasteiger partial charge in [-0.05, 0) is 37.1 Å². The Hall–Kier alpha value is -1.55. The number of piperidine rings is 1. The van der Waals surface area contributed by atoms with Gasteiger partial charge >= 0.3 is 0 Å². The molecule has 1 N–H and O–H groups in total. The largest absolute Gasteiger partial charge is 0.482 e. The summed E-state index contributed by atoms with van der Waals surface area (Å²) in [7, 11) is 1.81. The number of fused-ring (bicyclic) bond motifs is 1. The van der Waals surface area contributed by atoms with Crippen molar-refractivity contribution in [2.45, 2.75) is 25.3 Å². The molecule has 0 radical (unpaired) electrons. The van der Waals surface area contributed by atoms with Gasteiger partial charge in [0.05, 0.1) is 5.69 Å². The van der Waals surface area contributed by atoms with Gasteiger partial charge in [0.25, 0.3) is 5.91 Å². The Labute approximate surface area is 107 Å². The molecule has 0 bridgehead atoms. The zero-order valence-electron chi connectivity index (χ0n) is 10.6. The van der Waals surface area contributed by atoms with Crippen molar-refractivity contribution in [1.29, 1.82) is 0 Å². The zero-order valence-corrected chi connectivity index (χ0v) is 10.6. The number of hydrogen-bond acceptors (Lipinski definition) is 3. The van der Waals surface area contributed by atoms with Gasteiger partial charge in [0.15, 0.2) is 6.61 Å². The number of benzene rings is 1. The van der Waals surface area contributed by atoms with Crippen LogP contribution in [-0.4, -0.2) is 26.1 Å². The van der Waals surface area contributed by atoms with Gasteiger partial charge in [-0.2, -0.15) is 0 Å². The maximum absolute atomic E-state index is 11.6. The quantitative estimate of drug-likeness (QED) is 0.822. The summed E-state index contributed by atoms with van der Waals surface area (Å²) in [5.41, 5.74) is 2.13. The molecule has 2 aliphatic heterocycles. The molecule has 1 unspecified atom stereocenters. The molecule has 0 spiro atoms. The van der Waals surface area contributed by atoms with E-state index in [4.69, 9.17) is 4.74 Å². The Kier molecular flexibility index (Phi) is 2.96.